The predicted molar refractivity (Wildman–Crippen MR) is 98.9 cm³/mol. The summed E-state index contributed by atoms with van der Waals surface area (Å²) < 4.78 is 0. The average Bonchev–Trinajstić information content (AvgIpc) is 2.53. The molecule has 0 saturated heterocycles. The van der Waals surface area contributed by atoms with Crippen LogP contribution >= 0.6 is 11.6 Å². The van der Waals surface area contributed by atoms with E-state index >= 15 is 0 Å². The maximum absolute atomic E-state index is 13.0. The van der Waals surface area contributed by atoms with Gasteiger partial charge < -0.3 is 10.4 Å². The lowest BCUT2D eigenvalue weighted by molar-refractivity contribution is -0.122. The minimum atomic E-state index is -1.17. The van der Waals surface area contributed by atoms with Gasteiger partial charge in [-0.15, -0.1) is 0 Å². The highest BCUT2D eigenvalue weighted by atomic mass is 35.5. The van der Waals surface area contributed by atoms with Crippen LogP contribution in [0.5, 0.6) is 0 Å². The SMILES string of the molecule is CC(C)(C)N(C(=O)O)C(C(=O)Nc1ccccc1Cl)c1ccccc1. The third-order valence-corrected chi connectivity index (χ3v) is 4.01. The van der Waals surface area contributed by atoms with Crippen LogP contribution in [0.4, 0.5) is 10.5 Å². The predicted octanol–water partition coefficient (Wildman–Crippen LogP) is 4.80. The van der Waals surface area contributed by atoms with Gasteiger partial charge in [0.05, 0.1) is 10.7 Å². The monoisotopic (exact) mass is 360 g/mol. The van der Waals surface area contributed by atoms with Gasteiger partial charge in [0.15, 0.2) is 0 Å². The van der Waals surface area contributed by atoms with Gasteiger partial charge in [-0.05, 0) is 38.5 Å². The minimum absolute atomic E-state index is 0.389. The fourth-order valence-corrected chi connectivity index (χ4v) is 2.78. The van der Waals surface area contributed by atoms with E-state index in [1.807, 2.05) is 6.07 Å². The van der Waals surface area contributed by atoms with E-state index < -0.39 is 23.6 Å². The Morgan fingerprint density at radius 2 is 1.60 bits per heavy atom. The van der Waals surface area contributed by atoms with Crippen molar-refractivity contribution in [2.24, 2.45) is 0 Å². The van der Waals surface area contributed by atoms with Gasteiger partial charge in [0.2, 0.25) is 0 Å². The van der Waals surface area contributed by atoms with E-state index in [0.29, 0.717) is 16.3 Å². The molecule has 0 aliphatic rings. The summed E-state index contributed by atoms with van der Waals surface area (Å²) in [6, 6.07) is 14.7. The lowest BCUT2D eigenvalue weighted by atomic mass is 9.97. The van der Waals surface area contributed by atoms with Crippen LogP contribution in [0.1, 0.15) is 32.4 Å². The van der Waals surface area contributed by atoms with Gasteiger partial charge in [0, 0.05) is 5.54 Å². The number of hydrogen-bond donors (Lipinski definition) is 2. The Balaban J connectivity index is 2.46. The summed E-state index contributed by atoms with van der Waals surface area (Å²) in [5.41, 5.74) is 0.253. The highest BCUT2D eigenvalue weighted by Gasteiger charge is 2.38. The third-order valence-electron chi connectivity index (χ3n) is 3.68. The molecule has 0 aliphatic carbocycles. The highest BCUT2D eigenvalue weighted by molar-refractivity contribution is 6.33. The molecule has 2 rings (SSSR count). The van der Waals surface area contributed by atoms with E-state index in [2.05, 4.69) is 5.32 Å². The summed E-state index contributed by atoms with van der Waals surface area (Å²) in [5, 5.41) is 12.9. The Morgan fingerprint density at radius 1 is 1.04 bits per heavy atom. The van der Waals surface area contributed by atoms with E-state index in [0.717, 1.165) is 4.90 Å². The van der Waals surface area contributed by atoms with Crippen molar-refractivity contribution in [1.82, 2.24) is 4.90 Å². The largest absolute Gasteiger partial charge is 0.465 e. The van der Waals surface area contributed by atoms with Gasteiger partial charge in [0.1, 0.15) is 6.04 Å². The Labute approximate surface area is 152 Å². The standard InChI is InChI=1S/C19H21ClN2O3/c1-19(2,3)22(18(24)25)16(13-9-5-4-6-10-13)17(23)21-15-12-8-7-11-14(15)20/h4-12,16H,1-3H3,(H,21,23)(H,24,25). The van der Waals surface area contributed by atoms with E-state index in [4.69, 9.17) is 11.6 Å². The molecule has 2 N–H and O–H groups in total. The second-order valence-electron chi connectivity index (χ2n) is 6.61. The van der Waals surface area contributed by atoms with Crippen LogP contribution in [0.15, 0.2) is 54.6 Å². The summed E-state index contributed by atoms with van der Waals surface area (Å²) in [5.74, 6) is -0.461. The summed E-state index contributed by atoms with van der Waals surface area (Å²) in [6.07, 6.45) is -1.17. The van der Waals surface area contributed by atoms with Gasteiger partial charge in [0.25, 0.3) is 5.91 Å². The fraction of sp³-hybridized carbons (Fsp3) is 0.263. The van der Waals surface area contributed by atoms with Crippen LogP contribution < -0.4 is 5.32 Å². The Kier molecular flexibility index (Phi) is 5.69. The summed E-state index contributed by atoms with van der Waals surface area (Å²) in [6.45, 7) is 5.25. The van der Waals surface area contributed by atoms with Crippen molar-refractivity contribution in [2.75, 3.05) is 5.32 Å². The maximum Gasteiger partial charge on any atom is 0.408 e. The molecule has 2 amide bonds. The molecule has 25 heavy (non-hydrogen) atoms. The van der Waals surface area contributed by atoms with Gasteiger partial charge in [-0.1, -0.05) is 54.1 Å². The first kappa shape index (κ1) is 18.8. The lowest BCUT2D eigenvalue weighted by Gasteiger charge is -2.39. The van der Waals surface area contributed by atoms with Gasteiger partial charge >= 0.3 is 6.09 Å². The number of rotatable bonds is 4. The lowest BCUT2D eigenvalue weighted by Crippen LogP contribution is -2.50. The van der Waals surface area contributed by atoms with Crippen LogP contribution in [0.2, 0.25) is 5.02 Å². The summed E-state index contributed by atoms with van der Waals surface area (Å²) >= 11 is 6.11. The van der Waals surface area contributed by atoms with Crippen LogP contribution in [-0.2, 0) is 4.79 Å². The first-order chi connectivity index (χ1) is 11.7. The summed E-state index contributed by atoms with van der Waals surface area (Å²) in [7, 11) is 0. The Morgan fingerprint density at radius 3 is 2.12 bits per heavy atom. The van der Waals surface area contributed by atoms with E-state index in [-0.39, 0.29) is 0 Å². The van der Waals surface area contributed by atoms with Crippen LogP contribution in [0.25, 0.3) is 0 Å². The smallest absolute Gasteiger partial charge is 0.408 e. The van der Waals surface area contributed by atoms with Crippen molar-refractivity contribution < 1.29 is 14.7 Å². The molecule has 1 atom stereocenters. The fourth-order valence-electron chi connectivity index (χ4n) is 2.60. The molecule has 1 unspecified atom stereocenters. The molecule has 2 aromatic carbocycles. The van der Waals surface area contributed by atoms with Crippen LogP contribution in [-0.4, -0.2) is 27.5 Å². The molecule has 0 radical (unpaired) electrons. The number of hydrogen-bond acceptors (Lipinski definition) is 2. The van der Waals surface area contributed by atoms with Crippen molar-refractivity contribution >= 4 is 29.3 Å². The first-order valence-electron chi connectivity index (χ1n) is 7.84. The van der Waals surface area contributed by atoms with E-state index in [1.54, 1.807) is 69.3 Å². The highest BCUT2D eigenvalue weighted by Crippen LogP contribution is 2.31. The molecule has 0 fully saturated rings. The number of nitrogens with zero attached hydrogens (tertiary/aromatic N) is 1. The van der Waals surface area contributed by atoms with Crippen molar-refractivity contribution in [2.45, 2.75) is 32.4 Å². The second-order valence-corrected chi connectivity index (χ2v) is 7.01. The molecule has 6 heteroatoms. The summed E-state index contributed by atoms with van der Waals surface area (Å²) in [4.78, 5) is 26.0. The molecule has 0 spiro atoms. The molecule has 0 aliphatic heterocycles. The van der Waals surface area contributed by atoms with Crippen molar-refractivity contribution in [3.8, 4) is 0 Å². The first-order valence-corrected chi connectivity index (χ1v) is 8.22. The topological polar surface area (TPSA) is 69.6 Å². The number of halogens is 1. The molecule has 0 saturated carbocycles. The number of amides is 2. The molecule has 2 aromatic rings. The minimum Gasteiger partial charge on any atom is -0.465 e. The molecular weight excluding hydrogens is 340 g/mol. The number of carbonyl (C=O) groups is 2. The van der Waals surface area contributed by atoms with Crippen molar-refractivity contribution in [3.63, 3.8) is 0 Å². The number of carbonyl (C=O) groups excluding carboxylic acids is 1. The number of benzene rings is 2. The number of para-hydroxylation sites is 1. The van der Waals surface area contributed by atoms with E-state index in [9.17, 15) is 14.7 Å². The molecule has 132 valence electrons. The van der Waals surface area contributed by atoms with Crippen LogP contribution in [0.3, 0.4) is 0 Å². The van der Waals surface area contributed by atoms with Gasteiger partial charge in [-0.2, -0.15) is 0 Å². The van der Waals surface area contributed by atoms with E-state index in [1.165, 1.54) is 0 Å². The third kappa shape index (κ3) is 4.51. The number of nitrogens with one attached hydrogen (secondary N) is 1. The molecule has 0 aromatic heterocycles. The molecule has 5 nitrogen and oxygen atoms in total. The van der Waals surface area contributed by atoms with Crippen molar-refractivity contribution in [1.29, 1.82) is 0 Å². The Hall–Kier alpha value is -2.53. The number of carboxylic acid groups (broad SMARTS) is 1. The zero-order valence-electron chi connectivity index (χ0n) is 14.4. The quantitative estimate of drug-likeness (QED) is 0.822. The molecular formula is C19H21ClN2O3. The Bertz CT molecular complexity index is 757. The molecule has 0 heterocycles. The number of anilines is 1. The average molecular weight is 361 g/mol. The normalized spacial score (nSPS) is 12.3. The van der Waals surface area contributed by atoms with Gasteiger partial charge in [-0.25, -0.2) is 4.79 Å². The second kappa shape index (κ2) is 7.57. The van der Waals surface area contributed by atoms with Crippen LogP contribution in [0, 0.1) is 0 Å². The zero-order valence-corrected chi connectivity index (χ0v) is 15.1. The molecule has 0 bridgehead atoms. The van der Waals surface area contributed by atoms with Gasteiger partial charge in [-0.3, -0.25) is 9.69 Å². The van der Waals surface area contributed by atoms with Crippen molar-refractivity contribution in [3.05, 3.63) is 65.2 Å². The maximum atomic E-state index is 13.0. The zero-order chi connectivity index (χ0) is 18.6.